The van der Waals surface area contributed by atoms with Crippen LogP contribution in [-0.2, 0) is 0 Å². The SMILES string of the molecule is CCNC(=NCCCN1CCN(c2ccccc2)CC1)NCCC(F)(F)F. The van der Waals surface area contributed by atoms with Crippen molar-refractivity contribution in [3.63, 3.8) is 0 Å². The van der Waals surface area contributed by atoms with Crippen molar-refractivity contribution in [2.24, 2.45) is 4.99 Å². The van der Waals surface area contributed by atoms with Crippen molar-refractivity contribution in [1.29, 1.82) is 0 Å². The van der Waals surface area contributed by atoms with Crippen molar-refractivity contribution in [2.45, 2.75) is 25.9 Å². The third-order valence-corrected chi connectivity index (χ3v) is 4.44. The van der Waals surface area contributed by atoms with Gasteiger partial charge in [0.25, 0.3) is 0 Å². The molecule has 0 spiro atoms. The van der Waals surface area contributed by atoms with Crippen molar-refractivity contribution < 1.29 is 13.2 Å². The first-order valence-corrected chi connectivity index (χ1v) is 9.59. The van der Waals surface area contributed by atoms with Crippen LogP contribution in [0.5, 0.6) is 0 Å². The molecule has 27 heavy (non-hydrogen) atoms. The number of piperazine rings is 1. The molecule has 1 fully saturated rings. The molecule has 1 aromatic carbocycles. The second-order valence-corrected chi connectivity index (χ2v) is 6.57. The number of alkyl halides is 3. The number of hydrogen-bond acceptors (Lipinski definition) is 3. The number of para-hydroxylation sites is 1. The Morgan fingerprint density at radius 3 is 2.41 bits per heavy atom. The van der Waals surface area contributed by atoms with Gasteiger partial charge in [-0.3, -0.25) is 9.89 Å². The van der Waals surface area contributed by atoms with Crippen LogP contribution in [-0.4, -0.2) is 69.4 Å². The maximum Gasteiger partial charge on any atom is 0.390 e. The molecule has 0 bridgehead atoms. The van der Waals surface area contributed by atoms with E-state index in [0.717, 1.165) is 39.1 Å². The summed E-state index contributed by atoms with van der Waals surface area (Å²) in [5.74, 6) is 0.454. The van der Waals surface area contributed by atoms with E-state index in [2.05, 4.69) is 49.7 Å². The van der Waals surface area contributed by atoms with Gasteiger partial charge in [0.05, 0.1) is 6.42 Å². The maximum absolute atomic E-state index is 12.2. The van der Waals surface area contributed by atoms with Crippen LogP contribution in [0.1, 0.15) is 19.8 Å². The van der Waals surface area contributed by atoms with Crippen molar-refractivity contribution in [3.05, 3.63) is 30.3 Å². The average molecular weight is 385 g/mol. The number of hydrogen-bond donors (Lipinski definition) is 2. The summed E-state index contributed by atoms with van der Waals surface area (Å²) < 4.78 is 36.7. The summed E-state index contributed by atoms with van der Waals surface area (Å²) in [7, 11) is 0. The van der Waals surface area contributed by atoms with Gasteiger partial charge < -0.3 is 15.5 Å². The van der Waals surface area contributed by atoms with E-state index in [1.54, 1.807) is 0 Å². The van der Waals surface area contributed by atoms with Crippen LogP contribution in [0.2, 0.25) is 0 Å². The molecule has 0 atom stereocenters. The number of nitrogens with zero attached hydrogens (tertiary/aromatic N) is 3. The van der Waals surface area contributed by atoms with Crippen LogP contribution < -0.4 is 15.5 Å². The highest BCUT2D eigenvalue weighted by Gasteiger charge is 2.26. The second kappa shape index (κ2) is 11.0. The number of halogens is 3. The van der Waals surface area contributed by atoms with Gasteiger partial charge in [-0.25, -0.2) is 0 Å². The molecule has 8 heteroatoms. The van der Waals surface area contributed by atoms with E-state index in [9.17, 15) is 13.2 Å². The summed E-state index contributed by atoms with van der Waals surface area (Å²) in [6.07, 6.45) is -4.11. The van der Waals surface area contributed by atoms with Crippen molar-refractivity contribution >= 4 is 11.6 Å². The summed E-state index contributed by atoms with van der Waals surface area (Å²) in [6, 6.07) is 10.4. The lowest BCUT2D eigenvalue weighted by molar-refractivity contribution is -0.132. The molecule has 5 nitrogen and oxygen atoms in total. The molecule has 1 aliphatic heterocycles. The monoisotopic (exact) mass is 385 g/mol. The van der Waals surface area contributed by atoms with Gasteiger partial charge in [0.1, 0.15) is 0 Å². The molecule has 0 unspecified atom stereocenters. The van der Waals surface area contributed by atoms with Crippen LogP contribution in [0.25, 0.3) is 0 Å². The third kappa shape index (κ3) is 8.51. The zero-order chi connectivity index (χ0) is 19.5. The normalized spacial score (nSPS) is 16.4. The second-order valence-electron chi connectivity index (χ2n) is 6.57. The minimum atomic E-state index is -4.15. The molecule has 2 N–H and O–H groups in total. The Labute approximate surface area is 159 Å². The van der Waals surface area contributed by atoms with Gasteiger partial charge in [0, 0.05) is 58.0 Å². The Hall–Kier alpha value is -1.96. The predicted octanol–water partition coefficient (Wildman–Crippen LogP) is 2.71. The largest absolute Gasteiger partial charge is 0.390 e. The van der Waals surface area contributed by atoms with E-state index in [1.165, 1.54) is 5.69 Å². The Kier molecular flexibility index (Phi) is 8.71. The lowest BCUT2D eigenvalue weighted by Gasteiger charge is -2.36. The molecule has 152 valence electrons. The van der Waals surface area contributed by atoms with E-state index in [0.29, 0.717) is 19.0 Å². The van der Waals surface area contributed by atoms with Crippen LogP contribution in [0.15, 0.2) is 35.3 Å². The summed E-state index contributed by atoms with van der Waals surface area (Å²) in [4.78, 5) is 9.18. The van der Waals surface area contributed by atoms with Crippen molar-refractivity contribution in [1.82, 2.24) is 15.5 Å². The van der Waals surface area contributed by atoms with E-state index < -0.39 is 12.6 Å². The number of guanidine groups is 1. The summed E-state index contributed by atoms with van der Waals surface area (Å²) >= 11 is 0. The van der Waals surface area contributed by atoms with Crippen molar-refractivity contribution in [2.75, 3.05) is 57.3 Å². The highest BCUT2D eigenvalue weighted by atomic mass is 19.4. The molecule has 0 amide bonds. The van der Waals surface area contributed by atoms with E-state index in [1.807, 2.05) is 13.0 Å². The molecule has 2 rings (SSSR count). The van der Waals surface area contributed by atoms with Crippen LogP contribution in [0.4, 0.5) is 18.9 Å². The fourth-order valence-corrected chi connectivity index (χ4v) is 3.02. The lowest BCUT2D eigenvalue weighted by atomic mass is 10.2. The van der Waals surface area contributed by atoms with E-state index in [4.69, 9.17) is 0 Å². The quantitative estimate of drug-likeness (QED) is 0.410. The van der Waals surface area contributed by atoms with Gasteiger partial charge in [-0.05, 0) is 25.5 Å². The first-order chi connectivity index (χ1) is 13.0. The molecule has 1 aliphatic rings. The molecule has 1 saturated heterocycles. The first kappa shape index (κ1) is 21.3. The standard InChI is InChI=1S/C19H30F3N5/c1-2-23-18(25-11-9-19(20,21)22)24-10-6-12-26-13-15-27(16-14-26)17-7-4-3-5-8-17/h3-5,7-8H,2,6,9-16H2,1H3,(H2,23,24,25). The molecule has 0 radical (unpaired) electrons. The molecular weight excluding hydrogens is 355 g/mol. The third-order valence-electron chi connectivity index (χ3n) is 4.44. The number of nitrogens with one attached hydrogen (secondary N) is 2. The minimum Gasteiger partial charge on any atom is -0.369 e. The molecule has 1 heterocycles. The maximum atomic E-state index is 12.2. The van der Waals surface area contributed by atoms with Crippen LogP contribution in [0, 0.1) is 0 Å². The Bertz CT molecular complexity index is 554. The minimum absolute atomic E-state index is 0.156. The van der Waals surface area contributed by atoms with Crippen molar-refractivity contribution in [3.8, 4) is 0 Å². The van der Waals surface area contributed by atoms with Gasteiger partial charge in [-0.2, -0.15) is 13.2 Å². The Morgan fingerprint density at radius 2 is 1.78 bits per heavy atom. The fourth-order valence-electron chi connectivity index (χ4n) is 3.02. The zero-order valence-corrected chi connectivity index (χ0v) is 15.9. The number of rotatable bonds is 8. The summed E-state index contributed by atoms with van der Waals surface area (Å²) in [6.45, 7) is 7.96. The zero-order valence-electron chi connectivity index (χ0n) is 15.9. The van der Waals surface area contributed by atoms with Crippen LogP contribution in [0.3, 0.4) is 0 Å². The van der Waals surface area contributed by atoms with Gasteiger partial charge >= 0.3 is 6.18 Å². The van der Waals surface area contributed by atoms with Gasteiger partial charge in [-0.1, -0.05) is 18.2 Å². The summed E-state index contributed by atoms with van der Waals surface area (Å²) in [5.41, 5.74) is 1.27. The fraction of sp³-hybridized carbons (Fsp3) is 0.632. The Morgan fingerprint density at radius 1 is 1.07 bits per heavy atom. The highest BCUT2D eigenvalue weighted by molar-refractivity contribution is 5.79. The first-order valence-electron chi connectivity index (χ1n) is 9.59. The topological polar surface area (TPSA) is 42.9 Å². The summed E-state index contributed by atoms with van der Waals surface area (Å²) in [5, 5.41) is 5.72. The number of aliphatic imine (C=N–C) groups is 1. The smallest absolute Gasteiger partial charge is 0.369 e. The molecule has 0 aromatic heterocycles. The Balaban J connectivity index is 1.65. The van der Waals surface area contributed by atoms with E-state index in [-0.39, 0.29) is 6.54 Å². The molecular formula is C19H30F3N5. The average Bonchev–Trinajstić information content (AvgIpc) is 2.65. The molecule has 0 aliphatic carbocycles. The highest BCUT2D eigenvalue weighted by Crippen LogP contribution is 2.18. The van der Waals surface area contributed by atoms with Gasteiger partial charge in [0.2, 0.25) is 0 Å². The number of anilines is 1. The lowest BCUT2D eigenvalue weighted by Crippen LogP contribution is -2.46. The molecule has 1 aromatic rings. The van der Waals surface area contributed by atoms with E-state index >= 15 is 0 Å². The molecule has 0 saturated carbocycles. The van der Waals surface area contributed by atoms with Crippen LogP contribution >= 0.6 is 0 Å². The predicted molar refractivity (Wildman–Crippen MR) is 104 cm³/mol. The van der Waals surface area contributed by atoms with Gasteiger partial charge in [-0.15, -0.1) is 0 Å². The number of benzene rings is 1. The van der Waals surface area contributed by atoms with Gasteiger partial charge in [0.15, 0.2) is 5.96 Å².